The van der Waals surface area contributed by atoms with E-state index in [0.717, 1.165) is 18.6 Å². The summed E-state index contributed by atoms with van der Waals surface area (Å²) in [6, 6.07) is 7.67. The zero-order valence-electron chi connectivity index (χ0n) is 12.9. The summed E-state index contributed by atoms with van der Waals surface area (Å²) in [7, 11) is 1.93. The molecule has 2 rings (SSSR count). The summed E-state index contributed by atoms with van der Waals surface area (Å²) in [5.41, 5.74) is 6.34. The SMILES string of the molecule is CN(C(=O)CCOc1ccc(N)cc1)C1CCCCCC1. The van der Waals surface area contributed by atoms with Gasteiger partial charge < -0.3 is 15.4 Å². The van der Waals surface area contributed by atoms with Crippen LogP contribution >= 0.6 is 0 Å². The number of carbonyl (C=O) groups excluding carboxylic acids is 1. The summed E-state index contributed by atoms with van der Waals surface area (Å²) in [5, 5.41) is 0. The Morgan fingerprint density at radius 3 is 2.43 bits per heavy atom. The van der Waals surface area contributed by atoms with Gasteiger partial charge >= 0.3 is 0 Å². The number of hydrogen-bond donors (Lipinski definition) is 1. The molecular weight excluding hydrogens is 264 g/mol. The summed E-state index contributed by atoms with van der Waals surface area (Å²) in [6.45, 7) is 0.416. The molecule has 1 aromatic carbocycles. The van der Waals surface area contributed by atoms with Gasteiger partial charge in [-0.15, -0.1) is 0 Å². The first kappa shape index (κ1) is 15.7. The molecule has 1 amide bonds. The largest absolute Gasteiger partial charge is 0.493 e. The number of benzene rings is 1. The standard InChI is InChI=1S/C17H26N2O2/c1-19(15-6-4-2-3-5-7-15)17(20)12-13-21-16-10-8-14(18)9-11-16/h8-11,15H,2-7,12-13,18H2,1H3. The average molecular weight is 290 g/mol. The first-order valence-electron chi connectivity index (χ1n) is 7.91. The Labute approximate surface area is 127 Å². The van der Waals surface area contributed by atoms with Crippen molar-refractivity contribution in [3.63, 3.8) is 0 Å². The van der Waals surface area contributed by atoms with Gasteiger partial charge in [-0.05, 0) is 37.1 Å². The van der Waals surface area contributed by atoms with Crippen LogP contribution in [0.2, 0.25) is 0 Å². The molecule has 4 nitrogen and oxygen atoms in total. The van der Waals surface area contributed by atoms with E-state index in [0.29, 0.717) is 24.8 Å². The van der Waals surface area contributed by atoms with Gasteiger partial charge in [0, 0.05) is 18.8 Å². The van der Waals surface area contributed by atoms with Crippen molar-refractivity contribution in [1.29, 1.82) is 0 Å². The normalized spacial score (nSPS) is 16.2. The van der Waals surface area contributed by atoms with Gasteiger partial charge in [-0.3, -0.25) is 4.79 Å². The van der Waals surface area contributed by atoms with Crippen molar-refractivity contribution in [2.24, 2.45) is 0 Å². The van der Waals surface area contributed by atoms with E-state index >= 15 is 0 Å². The number of amides is 1. The number of nitrogens with zero attached hydrogens (tertiary/aromatic N) is 1. The van der Waals surface area contributed by atoms with E-state index < -0.39 is 0 Å². The monoisotopic (exact) mass is 290 g/mol. The topological polar surface area (TPSA) is 55.6 Å². The minimum Gasteiger partial charge on any atom is -0.493 e. The lowest BCUT2D eigenvalue weighted by molar-refractivity contribution is -0.132. The molecule has 0 atom stereocenters. The third-order valence-corrected chi connectivity index (χ3v) is 4.23. The molecule has 1 aliphatic carbocycles. The van der Waals surface area contributed by atoms with E-state index in [2.05, 4.69) is 0 Å². The van der Waals surface area contributed by atoms with Crippen molar-refractivity contribution < 1.29 is 9.53 Å². The van der Waals surface area contributed by atoms with E-state index in [9.17, 15) is 4.79 Å². The van der Waals surface area contributed by atoms with Crippen molar-refractivity contribution in [3.05, 3.63) is 24.3 Å². The summed E-state index contributed by atoms with van der Waals surface area (Å²) < 4.78 is 5.59. The number of nitrogens with two attached hydrogens (primary N) is 1. The van der Waals surface area contributed by atoms with Gasteiger partial charge in [0.1, 0.15) is 5.75 Å². The van der Waals surface area contributed by atoms with Gasteiger partial charge in [0.15, 0.2) is 0 Å². The summed E-state index contributed by atoms with van der Waals surface area (Å²) >= 11 is 0. The van der Waals surface area contributed by atoms with E-state index in [-0.39, 0.29) is 5.91 Å². The van der Waals surface area contributed by atoms with E-state index in [4.69, 9.17) is 10.5 Å². The number of rotatable bonds is 5. The zero-order chi connectivity index (χ0) is 15.1. The van der Waals surface area contributed by atoms with Crippen LogP contribution in [0.15, 0.2) is 24.3 Å². The van der Waals surface area contributed by atoms with Crippen molar-refractivity contribution in [3.8, 4) is 5.75 Å². The average Bonchev–Trinajstić information content (AvgIpc) is 2.77. The highest BCUT2D eigenvalue weighted by atomic mass is 16.5. The quantitative estimate of drug-likeness (QED) is 0.669. The number of ether oxygens (including phenoxy) is 1. The van der Waals surface area contributed by atoms with Crippen LogP contribution in [0, 0.1) is 0 Å². The maximum atomic E-state index is 12.2. The van der Waals surface area contributed by atoms with Gasteiger partial charge in [-0.25, -0.2) is 0 Å². The molecule has 1 aliphatic rings. The van der Waals surface area contributed by atoms with Crippen LogP contribution in [-0.2, 0) is 4.79 Å². The van der Waals surface area contributed by atoms with Crippen molar-refractivity contribution in [1.82, 2.24) is 4.90 Å². The third kappa shape index (κ3) is 4.96. The van der Waals surface area contributed by atoms with Gasteiger partial charge in [0.05, 0.1) is 13.0 Å². The molecule has 0 bridgehead atoms. The minimum atomic E-state index is 0.178. The zero-order valence-corrected chi connectivity index (χ0v) is 12.9. The van der Waals surface area contributed by atoms with Gasteiger partial charge in [0.25, 0.3) is 0 Å². The molecule has 0 spiro atoms. The first-order valence-corrected chi connectivity index (χ1v) is 7.91. The van der Waals surface area contributed by atoms with E-state index in [1.807, 2.05) is 24.1 Å². The third-order valence-electron chi connectivity index (χ3n) is 4.23. The van der Waals surface area contributed by atoms with Crippen LogP contribution in [0.4, 0.5) is 5.69 Å². The Hall–Kier alpha value is -1.71. The molecule has 21 heavy (non-hydrogen) atoms. The molecule has 1 aromatic rings. The molecule has 0 heterocycles. The number of anilines is 1. The molecule has 116 valence electrons. The van der Waals surface area contributed by atoms with Crippen LogP contribution in [0.5, 0.6) is 5.75 Å². The lowest BCUT2D eigenvalue weighted by Gasteiger charge is -2.27. The number of hydrogen-bond acceptors (Lipinski definition) is 3. The fourth-order valence-electron chi connectivity index (χ4n) is 2.85. The molecule has 1 saturated carbocycles. The molecule has 4 heteroatoms. The molecule has 0 unspecified atom stereocenters. The summed E-state index contributed by atoms with van der Waals surface area (Å²) in [5.74, 6) is 0.937. The van der Waals surface area contributed by atoms with Crippen molar-refractivity contribution in [2.75, 3.05) is 19.4 Å². The highest BCUT2D eigenvalue weighted by molar-refractivity contribution is 5.76. The smallest absolute Gasteiger partial charge is 0.225 e. The van der Waals surface area contributed by atoms with E-state index in [1.54, 1.807) is 12.1 Å². The fraction of sp³-hybridized carbons (Fsp3) is 0.588. The van der Waals surface area contributed by atoms with Gasteiger partial charge in [0.2, 0.25) is 5.91 Å². The Morgan fingerprint density at radius 1 is 1.19 bits per heavy atom. The second-order valence-electron chi connectivity index (χ2n) is 5.82. The predicted molar refractivity (Wildman–Crippen MR) is 85.2 cm³/mol. The second-order valence-corrected chi connectivity index (χ2v) is 5.82. The van der Waals surface area contributed by atoms with E-state index in [1.165, 1.54) is 25.7 Å². The lowest BCUT2D eigenvalue weighted by Crippen LogP contribution is -2.37. The summed E-state index contributed by atoms with van der Waals surface area (Å²) in [6.07, 6.45) is 7.80. The number of nitrogen functional groups attached to an aromatic ring is 1. The Kier molecular flexibility index (Phi) is 5.90. The van der Waals surface area contributed by atoms with Gasteiger partial charge in [-0.2, -0.15) is 0 Å². The number of carbonyl (C=O) groups is 1. The minimum absolute atomic E-state index is 0.178. The summed E-state index contributed by atoms with van der Waals surface area (Å²) in [4.78, 5) is 14.2. The predicted octanol–water partition coefficient (Wildman–Crippen LogP) is 3.22. The molecule has 1 fully saturated rings. The Balaban J connectivity index is 1.74. The molecule has 0 saturated heterocycles. The molecular formula is C17H26N2O2. The van der Waals surface area contributed by atoms with Crippen molar-refractivity contribution >= 4 is 11.6 Å². The molecule has 0 aliphatic heterocycles. The highest BCUT2D eigenvalue weighted by Gasteiger charge is 2.20. The van der Waals surface area contributed by atoms with Crippen LogP contribution in [-0.4, -0.2) is 30.5 Å². The van der Waals surface area contributed by atoms with Crippen LogP contribution in [0.1, 0.15) is 44.9 Å². The second kappa shape index (κ2) is 7.91. The Morgan fingerprint density at radius 2 is 1.81 bits per heavy atom. The Bertz CT molecular complexity index is 437. The highest BCUT2D eigenvalue weighted by Crippen LogP contribution is 2.21. The van der Waals surface area contributed by atoms with Crippen LogP contribution in [0.25, 0.3) is 0 Å². The molecule has 0 aromatic heterocycles. The molecule has 0 radical (unpaired) electrons. The maximum Gasteiger partial charge on any atom is 0.225 e. The first-order chi connectivity index (χ1) is 10.2. The van der Waals surface area contributed by atoms with Crippen LogP contribution < -0.4 is 10.5 Å². The molecule has 2 N–H and O–H groups in total. The fourth-order valence-corrected chi connectivity index (χ4v) is 2.85. The lowest BCUT2D eigenvalue weighted by atomic mass is 10.1. The van der Waals surface area contributed by atoms with Gasteiger partial charge in [-0.1, -0.05) is 25.7 Å². The maximum absolute atomic E-state index is 12.2. The van der Waals surface area contributed by atoms with Crippen molar-refractivity contribution in [2.45, 2.75) is 51.0 Å². The van der Waals surface area contributed by atoms with Crippen LogP contribution in [0.3, 0.4) is 0 Å².